The third-order valence-corrected chi connectivity index (χ3v) is 2.92. The topological polar surface area (TPSA) is 38.5 Å². The fourth-order valence-corrected chi connectivity index (χ4v) is 1.99. The third-order valence-electron chi connectivity index (χ3n) is 2.58. The lowest BCUT2D eigenvalue weighted by molar-refractivity contribution is 0.655. The molecule has 0 aliphatic carbocycles. The van der Waals surface area contributed by atoms with Crippen molar-refractivity contribution in [2.75, 3.05) is 0 Å². The Morgan fingerprint density at radius 3 is 2.81 bits per heavy atom. The van der Waals surface area contributed by atoms with Crippen LogP contribution < -0.4 is 0 Å². The van der Waals surface area contributed by atoms with Crippen molar-refractivity contribution in [3.63, 3.8) is 0 Å². The summed E-state index contributed by atoms with van der Waals surface area (Å²) in [5.41, 5.74) is 2.25. The first-order chi connectivity index (χ1) is 7.58. The number of rotatable bonds is 3. The monoisotopic (exact) mass is 236 g/mol. The van der Waals surface area contributed by atoms with Gasteiger partial charge in [0.1, 0.15) is 0 Å². The Balaban J connectivity index is 2.33. The van der Waals surface area contributed by atoms with Gasteiger partial charge in [-0.25, -0.2) is 0 Å². The van der Waals surface area contributed by atoms with Gasteiger partial charge in [0.25, 0.3) is 0 Å². The van der Waals surface area contributed by atoms with Crippen molar-refractivity contribution < 1.29 is 0 Å². The summed E-state index contributed by atoms with van der Waals surface area (Å²) in [6, 6.07) is 2.01. The molecule has 0 amide bonds. The van der Waals surface area contributed by atoms with E-state index in [2.05, 4.69) is 28.5 Å². The number of H-pyrrole nitrogens is 1. The van der Waals surface area contributed by atoms with E-state index in [0.29, 0.717) is 5.92 Å². The van der Waals surface area contributed by atoms with E-state index in [1.54, 1.807) is 4.68 Å². The Morgan fingerprint density at radius 1 is 1.50 bits per heavy atom. The van der Waals surface area contributed by atoms with Crippen molar-refractivity contribution in [2.24, 2.45) is 7.05 Å². The van der Waals surface area contributed by atoms with E-state index in [9.17, 15) is 0 Å². The Labute approximate surface area is 99.9 Å². The molecule has 2 aromatic rings. The SMILES string of the molecule is CC(C)c1c[nH]c(=S)n1Cc1ccn(C)n1. The molecule has 1 N–H and O–H groups in total. The van der Waals surface area contributed by atoms with E-state index in [0.717, 1.165) is 17.0 Å². The molecular formula is C11H16N4S. The highest BCUT2D eigenvalue weighted by Crippen LogP contribution is 2.15. The van der Waals surface area contributed by atoms with Gasteiger partial charge in [-0.05, 0) is 24.2 Å². The third kappa shape index (κ3) is 2.09. The van der Waals surface area contributed by atoms with Crippen molar-refractivity contribution >= 4 is 12.2 Å². The maximum Gasteiger partial charge on any atom is 0.177 e. The average Bonchev–Trinajstić information content (AvgIpc) is 2.76. The zero-order chi connectivity index (χ0) is 11.7. The van der Waals surface area contributed by atoms with E-state index >= 15 is 0 Å². The standard InChI is InChI=1S/C11H16N4S/c1-8(2)10-6-12-11(16)15(10)7-9-4-5-14(3)13-9/h4-6,8H,7H2,1-3H3,(H,12,16). The van der Waals surface area contributed by atoms with Crippen LogP contribution in [0.1, 0.15) is 31.2 Å². The van der Waals surface area contributed by atoms with Gasteiger partial charge < -0.3 is 9.55 Å². The normalized spacial score (nSPS) is 11.2. The van der Waals surface area contributed by atoms with E-state index < -0.39 is 0 Å². The molecule has 0 atom stereocenters. The van der Waals surface area contributed by atoms with Crippen LogP contribution in [0.3, 0.4) is 0 Å². The van der Waals surface area contributed by atoms with Gasteiger partial charge in [0.2, 0.25) is 0 Å². The second kappa shape index (κ2) is 4.25. The van der Waals surface area contributed by atoms with Gasteiger partial charge in [-0.3, -0.25) is 4.68 Å². The highest BCUT2D eigenvalue weighted by Gasteiger charge is 2.09. The summed E-state index contributed by atoms with van der Waals surface area (Å²) < 4.78 is 4.66. The number of aryl methyl sites for hydroxylation is 1. The number of nitrogens with one attached hydrogen (secondary N) is 1. The van der Waals surface area contributed by atoms with Gasteiger partial charge in [-0.2, -0.15) is 5.10 Å². The van der Waals surface area contributed by atoms with Crippen LogP contribution in [0.2, 0.25) is 0 Å². The lowest BCUT2D eigenvalue weighted by Gasteiger charge is -2.09. The van der Waals surface area contributed by atoms with Gasteiger partial charge in [-0.15, -0.1) is 0 Å². The summed E-state index contributed by atoms with van der Waals surface area (Å²) >= 11 is 5.27. The van der Waals surface area contributed by atoms with Crippen LogP contribution in [0, 0.1) is 4.77 Å². The molecule has 0 saturated carbocycles. The molecule has 0 aromatic carbocycles. The number of aromatic amines is 1. The summed E-state index contributed by atoms with van der Waals surface area (Å²) in [5, 5.41) is 4.36. The summed E-state index contributed by atoms with van der Waals surface area (Å²) in [7, 11) is 1.92. The summed E-state index contributed by atoms with van der Waals surface area (Å²) in [6.45, 7) is 5.05. The molecule has 2 heterocycles. The molecule has 0 unspecified atom stereocenters. The molecule has 86 valence electrons. The molecule has 0 aliphatic heterocycles. The molecule has 2 aromatic heterocycles. The second-order valence-corrected chi connectivity index (χ2v) is 4.63. The van der Waals surface area contributed by atoms with Crippen molar-refractivity contribution in [3.05, 3.63) is 34.6 Å². The largest absolute Gasteiger partial charge is 0.337 e. The van der Waals surface area contributed by atoms with Crippen molar-refractivity contribution in [3.8, 4) is 0 Å². The minimum absolute atomic E-state index is 0.455. The number of hydrogen-bond donors (Lipinski definition) is 1. The lowest BCUT2D eigenvalue weighted by atomic mass is 10.1. The number of imidazole rings is 1. The Bertz CT molecular complexity index is 532. The molecule has 2 rings (SSSR count). The highest BCUT2D eigenvalue weighted by molar-refractivity contribution is 7.71. The second-order valence-electron chi connectivity index (χ2n) is 4.24. The number of nitrogens with zero attached hydrogens (tertiary/aromatic N) is 3. The van der Waals surface area contributed by atoms with Gasteiger partial charge in [-0.1, -0.05) is 13.8 Å². The van der Waals surface area contributed by atoms with Crippen LogP contribution in [0.15, 0.2) is 18.5 Å². The molecule has 0 saturated heterocycles. The Kier molecular flexibility index (Phi) is 2.96. The van der Waals surface area contributed by atoms with Gasteiger partial charge >= 0.3 is 0 Å². The Morgan fingerprint density at radius 2 is 2.25 bits per heavy atom. The average molecular weight is 236 g/mol. The predicted octanol–water partition coefficient (Wildman–Crippen LogP) is 2.45. The summed E-state index contributed by atoms with van der Waals surface area (Å²) in [4.78, 5) is 3.09. The fourth-order valence-electron chi connectivity index (χ4n) is 1.76. The summed E-state index contributed by atoms with van der Waals surface area (Å²) in [6.07, 6.45) is 3.93. The zero-order valence-electron chi connectivity index (χ0n) is 9.77. The number of aromatic nitrogens is 4. The summed E-state index contributed by atoms with van der Waals surface area (Å²) in [5.74, 6) is 0.455. The molecule has 4 nitrogen and oxygen atoms in total. The predicted molar refractivity (Wildman–Crippen MR) is 66.0 cm³/mol. The molecule has 0 aliphatic rings. The van der Waals surface area contributed by atoms with E-state index in [1.165, 1.54) is 5.69 Å². The van der Waals surface area contributed by atoms with Crippen LogP contribution in [0.25, 0.3) is 0 Å². The molecule has 0 radical (unpaired) electrons. The van der Waals surface area contributed by atoms with Crippen molar-refractivity contribution in [2.45, 2.75) is 26.3 Å². The quantitative estimate of drug-likeness (QED) is 0.831. The molecule has 5 heteroatoms. The fraction of sp³-hybridized carbons (Fsp3) is 0.455. The van der Waals surface area contributed by atoms with Crippen molar-refractivity contribution in [1.82, 2.24) is 19.3 Å². The highest BCUT2D eigenvalue weighted by atomic mass is 32.1. The number of hydrogen-bond acceptors (Lipinski definition) is 2. The van der Waals surface area contributed by atoms with Gasteiger partial charge in [0.05, 0.1) is 12.2 Å². The van der Waals surface area contributed by atoms with Gasteiger partial charge in [0, 0.05) is 25.1 Å². The van der Waals surface area contributed by atoms with E-state index in [4.69, 9.17) is 12.2 Å². The molecule has 0 fully saturated rings. The van der Waals surface area contributed by atoms with Crippen LogP contribution in [-0.2, 0) is 13.6 Å². The van der Waals surface area contributed by atoms with E-state index in [-0.39, 0.29) is 0 Å². The molecule has 0 spiro atoms. The maximum absolute atomic E-state index is 5.27. The molecular weight excluding hydrogens is 220 g/mol. The first-order valence-electron chi connectivity index (χ1n) is 5.34. The van der Waals surface area contributed by atoms with Crippen molar-refractivity contribution in [1.29, 1.82) is 0 Å². The van der Waals surface area contributed by atoms with Crippen LogP contribution in [-0.4, -0.2) is 19.3 Å². The van der Waals surface area contributed by atoms with Crippen LogP contribution >= 0.6 is 12.2 Å². The molecule has 0 bridgehead atoms. The zero-order valence-corrected chi connectivity index (χ0v) is 10.6. The minimum Gasteiger partial charge on any atom is -0.337 e. The Hall–Kier alpha value is -1.36. The first kappa shape index (κ1) is 11.1. The minimum atomic E-state index is 0.455. The first-order valence-corrected chi connectivity index (χ1v) is 5.75. The maximum atomic E-state index is 5.27. The van der Waals surface area contributed by atoms with Gasteiger partial charge in [0.15, 0.2) is 4.77 Å². The van der Waals surface area contributed by atoms with Crippen LogP contribution in [0.4, 0.5) is 0 Å². The smallest absolute Gasteiger partial charge is 0.177 e. The van der Waals surface area contributed by atoms with E-state index in [1.807, 2.05) is 25.5 Å². The molecule has 16 heavy (non-hydrogen) atoms. The van der Waals surface area contributed by atoms with Crippen LogP contribution in [0.5, 0.6) is 0 Å². The lowest BCUT2D eigenvalue weighted by Crippen LogP contribution is -2.06.